The van der Waals surface area contributed by atoms with Crippen molar-refractivity contribution >= 4 is 11.9 Å². The standard InChI is InChI=1S/C16H21O4/c1-2-16(5-3-4-6-16)20-15(18)12-9-7-10-11(8-9)19-14(17)13(10)12/h8-13H,2-7H2,1H3. The van der Waals surface area contributed by atoms with Crippen molar-refractivity contribution in [1.82, 2.24) is 0 Å². The molecule has 0 spiro atoms. The Hall–Kier alpha value is -1.06. The van der Waals surface area contributed by atoms with E-state index >= 15 is 0 Å². The van der Waals surface area contributed by atoms with Gasteiger partial charge in [-0.1, -0.05) is 6.92 Å². The van der Waals surface area contributed by atoms with Gasteiger partial charge in [-0.2, -0.15) is 0 Å². The monoisotopic (exact) mass is 277 g/mol. The highest BCUT2D eigenvalue weighted by Crippen LogP contribution is 2.57. The summed E-state index contributed by atoms with van der Waals surface area (Å²) in [5, 5.41) is 0. The first-order valence-corrected chi connectivity index (χ1v) is 7.92. The molecule has 3 aliphatic carbocycles. The third-order valence-corrected chi connectivity index (χ3v) is 5.99. The fraction of sp³-hybridized carbons (Fsp3) is 0.812. The minimum atomic E-state index is -0.282. The van der Waals surface area contributed by atoms with Gasteiger partial charge in [0.05, 0.1) is 11.8 Å². The van der Waals surface area contributed by atoms with Crippen molar-refractivity contribution in [2.75, 3.05) is 0 Å². The summed E-state index contributed by atoms with van der Waals surface area (Å²) in [6.07, 6.45) is 8.03. The predicted molar refractivity (Wildman–Crippen MR) is 70.3 cm³/mol. The quantitative estimate of drug-likeness (QED) is 0.743. The molecule has 1 aliphatic heterocycles. The topological polar surface area (TPSA) is 52.6 Å². The average Bonchev–Trinajstić information content (AvgIpc) is 3.13. The van der Waals surface area contributed by atoms with Crippen LogP contribution in [-0.2, 0) is 19.1 Å². The van der Waals surface area contributed by atoms with Gasteiger partial charge in [-0.3, -0.25) is 9.59 Å². The van der Waals surface area contributed by atoms with Crippen LogP contribution in [0.4, 0.5) is 0 Å². The minimum Gasteiger partial charge on any atom is -0.461 e. The van der Waals surface area contributed by atoms with Crippen LogP contribution in [0.5, 0.6) is 0 Å². The zero-order chi connectivity index (χ0) is 13.9. The van der Waals surface area contributed by atoms with Gasteiger partial charge in [0, 0.05) is 12.3 Å². The van der Waals surface area contributed by atoms with Gasteiger partial charge in [0.15, 0.2) is 0 Å². The molecule has 0 N–H and O–H groups in total. The second kappa shape index (κ2) is 4.22. The first-order chi connectivity index (χ1) is 9.63. The minimum absolute atomic E-state index is 0.0341. The van der Waals surface area contributed by atoms with E-state index in [1.807, 2.05) is 0 Å². The van der Waals surface area contributed by atoms with Gasteiger partial charge in [0.25, 0.3) is 0 Å². The molecule has 2 bridgehead atoms. The van der Waals surface area contributed by atoms with Gasteiger partial charge < -0.3 is 9.47 Å². The first kappa shape index (κ1) is 12.7. The van der Waals surface area contributed by atoms with E-state index in [0.717, 1.165) is 38.5 Å². The summed E-state index contributed by atoms with van der Waals surface area (Å²) >= 11 is 0. The average molecular weight is 277 g/mol. The number of fused-ring (bicyclic) bond motifs is 1. The molecule has 109 valence electrons. The van der Waals surface area contributed by atoms with Crippen molar-refractivity contribution in [3.8, 4) is 0 Å². The first-order valence-electron chi connectivity index (χ1n) is 7.92. The molecule has 20 heavy (non-hydrogen) atoms. The number of hydrogen-bond donors (Lipinski definition) is 0. The fourth-order valence-corrected chi connectivity index (χ4v) is 4.87. The zero-order valence-electron chi connectivity index (χ0n) is 11.8. The highest BCUT2D eigenvalue weighted by atomic mass is 16.6. The van der Waals surface area contributed by atoms with Crippen molar-refractivity contribution < 1.29 is 19.1 Å². The number of rotatable bonds is 3. The molecule has 4 fully saturated rings. The summed E-state index contributed by atoms with van der Waals surface area (Å²) in [5.74, 6) is -0.446. The van der Waals surface area contributed by atoms with E-state index in [-0.39, 0.29) is 47.3 Å². The number of ether oxygens (including phenoxy) is 2. The van der Waals surface area contributed by atoms with Crippen molar-refractivity contribution in [2.24, 2.45) is 23.7 Å². The Morgan fingerprint density at radius 2 is 2.20 bits per heavy atom. The summed E-state index contributed by atoms with van der Waals surface area (Å²) in [6.45, 7) is 2.09. The molecular formula is C16H21O4. The van der Waals surface area contributed by atoms with Crippen molar-refractivity contribution in [2.45, 2.75) is 57.2 Å². The third kappa shape index (κ3) is 1.60. The van der Waals surface area contributed by atoms with Gasteiger partial charge in [-0.05, 0) is 44.4 Å². The van der Waals surface area contributed by atoms with E-state index in [2.05, 4.69) is 13.3 Å². The van der Waals surface area contributed by atoms with Gasteiger partial charge in [-0.25, -0.2) is 0 Å². The maximum absolute atomic E-state index is 12.6. The van der Waals surface area contributed by atoms with E-state index < -0.39 is 0 Å². The fourth-order valence-electron chi connectivity index (χ4n) is 4.87. The lowest BCUT2D eigenvalue weighted by molar-refractivity contribution is -0.169. The molecule has 5 unspecified atom stereocenters. The molecule has 5 atom stereocenters. The second-order valence-electron chi connectivity index (χ2n) is 6.87. The molecule has 1 saturated heterocycles. The summed E-state index contributed by atoms with van der Waals surface area (Å²) in [7, 11) is 0. The summed E-state index contributed by atoms with van der Waals surface area (Å²) in [6, 6.07) is 0. The van der Waals surface area contributed by atoms with Crippen LogP contribution in [0.3, 0.4) is 0 Å². The lowest BCUT2D eigenvalue weighted by atomic mass is 9.80. The number of esters is 2. The Kier molecular flexibility index (Phi) is 2.67. The van der Waals surface area contributed by atoms with Crippen LogP contribution < -0.4 is 0 Å². The molecule has 4 heteroatoms. The molecule has 4 aliphatic rings. The van der Waals surface area contributed by atoms with Crippen LogP contribution in [-0.4, -0.2) is 23.6 Å². The molecule has 4 nitrogen and oxygen atoms in total. The van der Waals surface area contributed by atoms with Crippen LogP contribution in [0.25, 0.3) is 0 Å². The third-order valence-electron chi connectivity index (χ3n) is 5.99. The van der Waals surface area contributed by atoms with E-state index in [1.165, 1.54) is 0 Å². The summed E-state index contributed by atoms with van der Waals surface area (Å²) in [5.41, 5.74) is -0.263. The summed E-state index contributed by atoms with van der Waals surface area (Å²) in [4.78, 5) is 24.6. The van der Waals surface area contributed by atoms with Crippen molar-refractivity contribution in [3.63, 3.8) is 0 Å². The normalized spacial score (nSPS) is 43.9. The van der Waals surface area contributed by atoms with E-state index in [9.17, 15) is 9.59 Å². The number of hydrogen-bond acceptors (Lipinski definition) is 4. The maximum atomic E-state index is 12.6. The van der Waals surface area contributed by atoms with Crippen LogP contribution in [0.2, 0.25) is 0 Å². The molecule has 4 rings (SSSR count). The molecule has 3 saturated carbocycles. The van der Waals surface area contributed by atoms with E-state index in [4.69, 9.17) is 9.47 Å². The van der Waals surface area contributed by atoms with Crippen molar-refractivity contribution in [3.05, 3.63) is 6.42 Å². The Labute approximate surface area is 119 Å². The Morgan fingerprint density at radius 3 is 2.90 bits per heavy atom. The highest BCUT2D eigenvalue weighted by molar-refractivity contribution is 5.86. The zero-order valence-corrected chi connectivity index (χ0v) is 11.8. The SMILES string of the molecule is CCC1(OC(=O)C2C3[CH]C4OC(=O)C2C4C3)CCCC1. The van der Waals surface area contributed by atoms with Crippen molar-refractivity contribution in [1.29, 1.82) is 0 Å². The molecule has 0 aromatic heterocycles. The number of carbonyl (C=O) groups excluding carboxylic acids is 2. The van der Waals surface area contributed by atoms with Gasteiger partial charge >= 0.3 is 11.9 Å². The highest BCUT2D eigenvalue weighted by Gasteiger charge is 2.65. The molecule has 1 heterocycles. The molecule has 0 aromatic carbocycles. The Morgan fingerprint density at radius 1 is 1.45 bits per heavy atom. The molecule has 1 radical (unpaired) electrons. The van der Waals surface area contributed by atoms with Gasteiger partial charge in [0.1, 0.15) is 11.7 Å². The van der Waals surface area contributed by atoms with Gasteiger partial charge in [-0.15, -0.1) is 0 Å². The Bertz CT molecular complexity index is 449. The van der Waals surface area contributed by atoms with Crippen LogP contribution in [0, 0.1) is 30.1 Å². The molecular weight excluding hydrogens is 256 g/mol. The van der Waals surface area contributed by atoms with Gasteiger partial charge in [0.2, 0.25) is 0 Å². The maximum Gasteiger partial charge on any atom is 0.310 e. The van der Waals surface area contributed by atoms with E-state index in [1.54, 1.807) is 0 Å². The molecule has 0 amide bonds. The summed E-state index contributed by atoms with van der Waals surface area (Å²) < 4.78 is 11.3. The lowest BCUT2D eigenvalue weighted by Crippen LogP contribution is -2.39. The lowest BCUT2D eigenvalue weighted by Gasteiger charge is -2.31. The predicted octanol–water partition coefficient (Wildman–Crippen LogP) is 2.26. The van der Waals surface area contributed by atoms with E-state index in [0.29, 0.717) is 0 Å². The Balaban J connectivity index is 1.53. The number of carbonyl (C=O) groups is 2. The van der Waals surface area contributed by atoms with Crippen LogP contribution >= 0.6 is 0 Å². The second-order valence-corrected chi connectivity index (χ2v) is 6.87. The molecule has 0 aromatic rings. The smallest absolute Gasteiger partial charge is 0.310 e. The van der Waals surface area contributed by atoms with Crippen LogP contribution in [0.15, 0.2) is 0 Å². The van der Waals surface area contributed by atoms with Crippen LogP contribution in [0.1, 0.15) is 45.4 Å². The largest absolute Gasteiger partial charge is 0.461 e.